The summed E-state index contributed by atoms with van der Waals surface area (Å²) in [6.45, 7) is 0. The first-order valence-electron chi connectivity index (χ1n) is 4.55. The van der Waals surface area contributed by atoms with Crippen molar-refractivity contribution in [3.63, 3.8) is 0 Å². The van der Waals surface area contributed by atoms with E-state index in [0.29, 0.717) is 10.0 Å². The fourth-order valence-corrected chi connectivity index (χ4v) is 1.56. The highest BCUT2D eigenvalue weighted by Gasteiger charge is 2.27. The van der Waals surface area contributed by atoms with E-state index in [2.05, 4.69) is 20.9 Å². The summed E-state index contributed by atoms with van der Waals surface area (Å²) in [5.74, 6) is -0.433. The molecule has 0 spiro atoms. The second-order valence-electron chi connectivity index (χ2n) is 3.34. The molecule has 88 valence electrons. The van der Waals surface area contributed by atoms with Gasteiger partial charge in [-0.25, -0.2) is 0 Å². The molecule has 2 nitrogen and oxygen atoms in total. The molecule has 0 bridgehead atoms. The van der Waals surface area contributed by atoms with Crippen molar-refractivity contribution in [3.8, 4) is 0 Å². The van der Waals surface area contributed by atoms with Crippen LogP contribution in [0.3, 0.4) is 0 Å². The molecule has 1 rings (SSSR count). The predicted molar refractivity (Wildman–Crippen MR) is 55.9 cm³/mol. The van der Waals surface area contributed by atoms with Crippen LogP contribution in [-0.2, 0) is 11.2 Å². The molecule has 0 fully saturated rings. The number of carbonyl (C=O) groups excluding carboxylic acids is 1. The van der Waals surface area contributed by atoms with Crippen molar-refractivity contribution in [2.45, 2.75) is 25.4 Å². The first-order chi connectivity index (χ1) is 7.37. The van der Waals surface area contributed by atoms with Gasteiger partial charge >= 0.3 is 6.18 Å². The third kappa shape index (κ3) is 5.25. The molecule has 1 aromatic rings. The highest BCUT2D eigenvalue weighted by molar-refractivity contribution is 9.10. The average Bonchev–Trinajstić information content (AvgIpc) is 2.14. The number of carbonyl (C=O) groups is 1. The number of rotatable bonds is 4. The molecule has 0 atom stereocenters. The Morgan fingerprint density at radius 3 is 2.62 bits per heavy atom. The van der Waals surface area contributed by atoms with Crippen molar-refractivity contribution >= 4 is 21.7 Å². The van der Waals surface area contributed by atoms with Crippen LogP contribution in [-0.4, -0.2) is 16.9 Å². The van der Waals surface area contributed by atoms with Crippen molar-refractivity contribution in [2.24, 2.45) is 0 Å². The van der Waals surface area contributed by atoms with E-state index in [1.165, 1.54) is 6.20 Å². The number of alkyl halides is 3. The van der Waals surface area contributed by atoms with Gasteiger partial charge in [0.25, 0.3) is 0 Å². The Labute approximate surface area is 99.0 Å². The maximum absolute atomic E-state index is 11.8. The van der Waals surface area contributed by atoms with Crippen molar-refractivity contribution in [3.05, 3.63) is 28.5 Å². The molecule has 0 aromatic carbocycles. The summed E-state index contributed by atoms with van der Waals surface area (Å²) in [5, 5.41) is 0. The standard InChI is InChI=1S/C10H9BrF3NO/c11-8-3-7(5-15-6-8)4-9(16)1-2-10(12,13)14/h3,5-6H,1-2,4H2. The Bertz CT molecular complexity index is 379. The Morgan fingerprint density at radius 1 is 1.38 bits per heavy atom. The van der Waals surface area contributed by atoms with Gasteiger partial charge in [-0.15, -0.1) is 0 Å². The molecule has 16 heavy (non-hydrogen) atoms. The number of ketones is 1. The summed E-state index contributed by atoms with van der Waals surface area (Å²) in [4.78, 5) is 15.1. The van der Waals surface area contributed by atoms with E-state index in [-0.39, 0.29) is 6.42 Å². The molecular formula is C10H9BrF3NO. The molecule has 0 aliphatic carbocycles. The average molecular weight is 296 g/mol. The molecule has 0 aliphatic heterocycles. The van der Waals surface area contributed by atoms with Crippen molar-refractivity contribution in [1.82, 2.24) is 4.98 Å². The van der Waals surface area contributed by atoms with Gasteiger partial charge in [-0.05, 0) is 27.6 Å². The summed E-state index contributed by atoms with van der Waals surface area (Å²) >= 11 is 3.17. The zero-order chi connectivity index (χ0) is 12.2. The number of Topliss-reactive ketones (excluding diaryl/α,β-unsaturated/α-hetero) is 1. The van der Waals surface area contributed by atoms with Crippen molar-refractivity contribution in [1.29, 1.82) is 0 Å². The number of halogens is 4. The minimum atomic E-state index is -4.27. The Hall–Kier alpha value is -0.910. The normalized spacial score (nSPS) is 11.5. The van der Waals surface area contributed by atoms with Gasteiger partial charge in [-0.1, -0.05) is 0 Å². The van der Waals surface area contributed by atoms with E-state index in [1.54, 1.807) is 12.3 Å². The third-order valence-corrected chi connectivity index (χ3v) is 2.28. The van der Waals surface area contributed by atoms with Crippen LogP contribution < -0.4 is 0 Å². The maximum atomic E-state index is 11.8. The molecular weight excluding hydrogens is 287 g/mol. The maximum Gasteiger partial charge on any atom is 0.389 e. The first kappa shape index (κ1) is 13.2. The Kier molecular flexibility index (Phi) is 4.46. The number of hydrogen-bond donors (Lipinski definition) is 0. The summed E-state index contributed by atoms with van der Waals surface area (Å²) < 4.78 is 36.2. The van der Waals surface area contributed by atoms with Crippen LogP contribution in [0.5, 0.6) is 0 Å². The van der Waals surface area contributed by atoms with Gasteiger partial charge in [0, 0.05) is 29.7 Å². The topological polar surface area (TPSA) is 30.0 Å². The van der Waals surface area contributed by atoms with Crippen molar-refractivity contribution in [2.75, 3.05) is 0 Å². The van der Waals surface area contributed by atoms with Crippen LogP contribution in [0, 0.1) is 0 Å². The lowest BCUT2D eigenvalue weighted by Crippen LogP contribution is -2.12. The van der Waals surface area contributed by atoms with Crippen LogP contribution in [0.15, 0.2) is 22.9 Å². The minimum Gasteiger partial charge on any atom is -0.299 e. The van der Waals surface area contributed by atoms with Crippen LogP contribution >= 0.6 is 15.9 Å². The number of pyridine rings is 1. The zero-order valence-electron chi connectivity index (χ0n) is 8.22. The number of hydrogen-bond acceptors (Lipinski definition) is 2. The van der Waals surface area contributed by atoms with Crippen LogP contribution in [0.25, 0.3) is 0 Å². The van der Waals surface area contributed by atoms with Crippen LogP contribution in [0.1, 0.15) is 18.4 Å². The van der Waals surface area contributed by atoms with Crippen LogP contribution in [0.2, 0.25) is 0 Å². The number of aromatic nitrogens is 1. The summed E-state index contributed by atoms with van der Waals surface area (Å²) in [6, 6.07) is 1.67. The Morgan fingerprint density at radius 2 is 2.06 bits per heavy atom. The highest BCUT2D eigenvalue weighted by atomic mass is 79.9. The monoisotopic (exact) mass is 295 g/mol. The quantitative estimate of drug-likeness (QED) is 0.853. The smallest absolute Gasteiger partial charge is 0.299 e. The van der Waals surface area contributed by atoms with E-state index in [0.717, 1.165) is 0 Å². The fraction of sp³-hybridized carbons (Fsp3) is 0.400. The molecule has 0 radical (unpaired) electrons. The lowest BCUT2D eigenvalue weighted by Gasteiger charge is -2.05. The van der Waals surface area contributed by atoms with Gasteiger partial charge in [0.15, 0.2) is 0 Å². The van der Waals surface area contributed by atoms with Gasteiger partial charge in [0.2, 0.25) is 0 Å². The molecule has 1 heterocycles. The molecule has 0 unspecified atom stereocenters. The van der Waals surface area contributed by atoms with Gasteiger partial charge in [0.1, 0.15) is 5.78 Å². The van der Waals surface area contributed by atoms with Gasteiger partial charge < -0.3 is 0 Å². The molecule has 1 aromatic heterocycles. The van der Waals surface area contributed by atoms with E-state index in [4.69, 9.17) is 0 Å². The second kappa shape index (κ2) is 5.43. The molecule has 0 aliphatic rings. The summed E-state index contributed by atoms with van der Waals surface area (Å²) in [7, 11) is 0. The lowest BCUT2D eigenvalue weighted by molar-refractivity contribution is -0.143. The Balaban J connectivity index is 2.46. The number of nitrogens with zero attached hydrogens (tertiary/aromatic N) is 1. The van der Waals surface area contributed by atoms with E-state index < -0.39 is 24.8 Å². The van der Waals surface area contributed by atoms with E-state index in [9.17, 15) is 18.0 Å². The van der Waals surface area contributed by atoms with Gasteiger partial charge in [-0.2, -0.15) is 13.2 Å². The van der Waals surface area contributed by atoms with E-state index >= 15 is 0 Å². The molecule has 0 N–H and O–H groups in total. The van der Waals surface area contributed by atoms with Gasteiger partial charge in [0.05, 0.1) is 6.42 Å². The van der Waals surface area contributed by atoms with Gasteiger partial charge in [-0.3, -0.25) is 9.78 Å². The minimum absolute atomic E-state index is 0.0114. The van der Waals surface area contributed by atoms with Crippen LogP contribution in [0.4, 0.5) is 13.2 Å². The largest absolute Gasteiger partial charge is 0.389 e. The zero-order valence-corrected chi connectivity index (χ0v) is 9.81. The fourth-order valence-electron chi connectivity index (χ4n) is 1.15. The first-order valence-corrected chi connectivity index (χ1v) is 5.34. The molecule has 0 saturated heterocycles. The highest BCUT2D eigenvalue weighted by Crippen LogP contribution is 2.22. The summed E-state index contributed by atoms with van der Waals surface area (Å²) in [5.41, 5.74) is 0.613. The molecule has 0 amide bonds. The van der Waals surface area contributed by atoms with E-state index in [1.807, 2.05) is 0 Å². The van der Waals surface area contributed by atoms with Crippen molar-refractivity contribution < 1.29 is 18.0 Å². The molecule has 6 heteroatoms. The molecule has 0 saturated carbocycles. The SMILES string of the molecule is O=C(CCC(F)(F)F)Cc1cncc(Br)c1. The lowest BCUT2D eigenvalue weighted by atomic mass is 10.1. The summed E-state index contributed by atoms with van der Waals surface area (Å²) in [6.07, 6.45) is -2.81. The predicted octanol–water partition coefficient (Wildman–Crippen LogP) is 3.30. The second-order valence-corrected chi connectivity index (χ2v) is 4.26. The third-order valence-electron chi connectivity index (χ3n) is 1.85.